The molecule has 10 heteroatoms. The molecule has 0 radical (unpaired) electrons. The Hall–Kier alpha value is -3.92. The van der Waals surface area contributed by atoms with E-state index in [0.29, 0.717) is 22.1 Å². The van der Waals surface area contributed by atoms with Gasteiger partial charge in [-0.25, -0.2) is 4.52 Å². The Morgan fingerprint density at radius 2 is 1.72 bits per heavy atom. The summed E-state index contributed by atoms with van der Waals surface area (Å²) in [4.78, 5) is 28.7. The largest absolute Gasteiger partial charge is 0.497 e. The lowest BCUT2D eigenvalue weighted by Gasteiger charge is -2.13. The number of ether oxygens (including phenoxy) is 2. The van der Waals surface area contributed by atoms with E-state index in [9.17, 15) is 9.59 Å². The number of amides is 2. The lowest BCUT2D eigenvalue weighted by atomic mass is 10.1. The Balaban J connectivity index is 1.45. The van der Waals surface area contributed by atoms with Gasteiger partial charge in [0.15, 0.2) is 6.10 Å². The summed E-state index contributed by atoms with van der Waals surface area (Å²) in [6.07, 6.45) is -0.745. The molecule has 1 atom stereocenters. The SMILES string of the molecule is COc1ccc(OC(C)C(=O)Nc2nc3scc(-c4ccc(NC(C)=O)cc4)n3n2)cc1. The van der Waals surface area contributed by atoms with E-state index >= 15 is 0 Å². The first-order valence-corrected chi connectivity index (χ1v) is 10.6. The van der Waals surface area contributed by atoms with Gasteiger partial charge >= 0.3 is 0 Å². The van der Waals surface area contributed by atoms with Crippen molar-refractivity contribution in [3.63, 3.8) is 0 Å². The van der Waals surface area contributed by atoms with E-state index < -0.39 is 6.10 Å². The summed E-state index contributed by atoms with van der Waals surface area (Å²) >= 11 is 1.41. The predicted octanol–water partition coefficient (Wildman–Crippen LogP) is 3.83. The number of rotatable bonds is 7. The quantitative estimate of drug-likeness (QED) is 0.442. The van der Waals surface area contributed by atoms with Gasteiger partial charge in [0.2, 0.25) is 10.9 Å². The van der Waals surface area contributed by atoms with Crippen molar-refractivity contribution < 1.29 is 19.1 Å². The molecule has 1 unspecified atom stereocenters. The van der Waals surface area contributed by atoms with Crippen LogP contribution in [0.2, 0.25) is 0 Å². The number of thiazole rings is 1. The molecule has 0 bridgehead atoms. The van der Waals surface area contributed by atoms with Crippen LogP contribution in [0.3, 0.4) is 0 Å². The standard InChI is InChI=1S/C22H21N5O4S/c1-13(31-18-10-8-17(30-3)9-11-18)20(29)24-21-25-22-27(26-21)19(12-32-22)15-4-6-16(7-5-15)23-14(2)28/h4-13H,1-3H3,(H,23,28)(H,24,26,29). The van der Waals surface area contributed by atoms with Gasteiger partial charge in [-0.1, -0.05) is 12.1 Å². The second-order valence-electron chi connectivity index (χ2n) is 6.93. The summed E-state index contributed by atoms with van der Waals surface area (Å²) in [7, 11) is 1.58. The summed E-state index contributed by atoms with van der Waals surface area (Å²) < 4.78 is 12.5. The van der Waals surface area contributed by atoms with Gasteiger partial charge in [-0.2, -0.15) is 4.98 Å². The number of benzene rings is 2. The Morgan fingerprint density at radius 3 is 2.38 bits per heavy atom. The molecule has 32 heavy (non-hydrogen) atoms. The van der Waals surface area contributed by atoms with E-state index in [0.717, 1.165) is 11.3 Å². The van der Waals surface area contributed by atoms with E-state index in [1.54, 1.807) is 42.8 Å². The van der Waals surface area contributed by atoms with Crippen LogP contribution in [0.25, 0.3) is 16.2 Å². The zero-order valence-corrected chi connectivity index (χ0v) is 18.5. The van der Waals surface area contributed by atoms with Crippen LogP contribution in [0.5, 0.6) is 11.5 Å². The number of carbonyl (C=O) groups is 2. The fourth-order valence-electron chi connectivity index (χ4n) is 2.98. The van der Waals surface area contributed by atoms with Gasteiger partial charge in [0, 0.05) is 23.6 Å². The summed E-state index contributed by atoms with van der Waals surface area (Å²) in [6, 6.07) is 14.4. The predicted molar refractivity (Wildman–Crippen MR) is 122 cm³/mol. The van der Waals surface area contributed by atoms with Gasteiger partial charge in [-0.3, -0.25) is 14.9 Å². The van der Waals surface area contributed by atoms with Crippen LogP contribution in [-0.4, -0.2) is 39.6 Å². The Morgan fingerprint density at radius 1 is 1.03 bits per heavy atom. The van der Waals surface area contributed by atoms with E-state index in [4.69, 9.17) is 9.47 Å². The van der Waals surface area contributed by atoms with Crippen LogP contribution in [0.15, 0.2) is 53.9 Å². The highest BCUT2D eigenvalue weighted by molar-refractivity contribution is 7.15. The number of fused-ring (bicyclic) bond motifs is 1. The summed E-state index contributed by atoms with van der Waals surface area (Å²) in [5, 5.41) is 11.8. The molecule has 2 amide bonds. The number of nitrogens with zero attached hydrogens (tertiary/aromatic N) is 3. The van der Waals surface area contributed by atoms with E-state index in [1.807, 2.05) is 29.6 Å². The molecule has 4 rings (SSSR count). The summed E-state index contributed by atoms with van der Waals surface area (Å²) in [5.41, 5.74) is 2.45. The highest BCUT2D eigenvalue weighted by Crippen LogP contribution is 2.27. The van der Waals surface area contributed by atoms with Crippen LogP contribution in [0.1, 0.15) is 13.8 Å². The molecule has 2 N–H and O–H groups in total. The smallest absolute Gasteiger partial charge is 0.267 e. The molecular weight excluding hydrogens is 430 g/mol. The van der Waals surface area contributed by atoms with Crippen molar-refractivity contribution in [2.45, 2.75) is 20.0 Å². The van der Waals surface area contributed by atoms with Crippen molar-refractivity contribution in [2.24, 2.45) is 0 Å². The van der Waals surface area contributed by atoms with Crippen molar-refractivity contribution in [1.82, 2.24) is 14.6 Å². The third-order valence-electron chi connectivity index (χ3n) is 4.56. The molecule has 164 valence electrons. The molecule has 0 saturated carbocycles. The fourth-order valence-corrected chi connectivity index (χ4v) is 3.82. The molecule has 2 aromatic heterocycles. The van der Waals surface area contributed by atoms with E-state index in [1.165, 1.54) is 18.3 Å². The molecule has 0 aliphatic heterocycles. The maximum Gasteiger partial charge on any atom is 0.267 e. The van der Waals surface area contributed by atoms with Crippen LogP contribution >= 0.6 is 11.3 Å². The van der Waals surface area contributed by atoms with Crippen molar-refractivity contribution in [1.29, 1.82) is 0 Å². The number of nitrogens with one attached hydrogen (secondary N) is 2. The third kappa shape index (κ3) is 4.70. The molecule has 2 heterocycles. The first-order valence-electron chi connectivity index (χ1n) is 9.77. The van der Waals surface area contributed by atoms with E-state index in [2.05, 4.69) is 20.7 Å². The minimum absolute atomic E-state index is 0.127. The fraction of sp³-hybridized carbons (Fsp3) is 0.182. The van der Waals surface area contributed by atoms with Gasteiger partial charge < -0.3 is 14.8 Å². The van der Waals surface area contributed by atoms with Gasteiger partial charge in [-0.05, 0) is 43.3 Å². The molecule has 0 aliphatic carbocycles. The van der Waals surface area contributed by atoms with E-state index in [-0.39, 0.29) is 17.8 Å². The highest BCUT2D eigenvalue weighted by atomic mass is 32.1. The van der Waals surface area contributed by atoms with Crippen molar-refractivity contribution >= 4 is 39.7 Å². The minimum Gasteiger partial charge on any atom is -0.497 e. The molecule has 0 aliphatic rings. The zero-order valence-electron chi connectivity index (χ0n) is 17.7. The number of methoxy groups -OCH3 is 1. The Bertz CT molecular complexity index is 1250. The van der Waals surface area contributed by atoms with Crippen LogP contribution in [0, 0.1) is 0 Å². The van der Waals surface area contributed by atoms with Crippen LogP contribution < -0.4 is 20.1 Å². The second-order valence-corrected chi connectivity index (χ2v) is 7.77. The summed E-state index contributed by atoms with van der Waals surface area (Å²) in [6.45, 7) is 3.12. The number of hydrogen-bond donors (Lipinski definition) is 2. The van der Waals surface area contributed by atoms with Gasteiger partial charge in [0.25, 0.3) is 11.9 Å². The average Bonchev–Trinajstić information content (AvgIpc) is 3.34. The Labute approximate surface area is 188 Å². The maximum atomic E-state index is 12.5. The first-order chi connectivity index (χ1) is 15.4. The molecule has 4 aromatic rings. The number of anilines is 2. The molecule has 2 aromatic carbocycles. The van der Waals surface area contributed by atoms with Crippen LogP contribution in [-0.2, 0) is 9.59 Å². The molecule has 9 nitrogen and oxygen atoms in total. The second kappa shape index (κ2) is 9.06. The molecule has 0 fully saturated rings. The van der Waals surface area contributed by atoms with Gasteiger partial charge in [-0.15, -0.1) is 16.4 Å². The number of hydrogen-bond acceptors (Lipinski definition) is 7. The number of carbonyl (C=O) groups excluding carboxylic acids is 2. The lowest BCUT2D eigenvalue weighted by molar-refractivity contribution is -0.122. The highest BCUT2D eigenvalue weighted by Gasteiger charge is 2.19. The van der Waals surface area contributed by atoms with Crippen molar-refractivity contribution in [3.8, 4) is 22.8 Å². The molecular formula is C22H21N5O4S. The van der Waals surface area contributed by atoms with Crippen LogP contribution in [0.4, 0.5) is 11.6 Å². The van der Waals surface area contributed by atoms with Gasteiger partial charge in [0.1, 0.15) is 11.5 Å². The summed E-state index contributed by atoms with van der Waals surface area (Å²) in [5.74, 6) is 0.968. The Kier molecular flexibility index (Phi) is 6.04. The normalized spacial score (nSPS) is 11.7. The molecule has 0 saturated heterocycles. The monoisotopic (exact) mass is 451 g/mol. The zero-order chi connectivity index (χ0) is 22.7. The van der Waals surface area contributed by atoms with Gasteiger partial charge in [0.05, 0.1) is 12.8 Å². The first kappa shape index (κ1) is 21.3. The lowest BCUT2D eigenvalue weighted by Crippen LogP contribution is -2.30. The maximum absolute atomic E-state index is 12.5. The number of aromatic nitrogens is 3. The topological polar surface area (TPSA) is 107 Å². The third-order valence-corrected chi connectivity index (χ3v) is 5.38. The van der Waals surface area contributed by atoms with Crippen molar-refractivity contribution in [3.05, 3.63) is 53.9 Å². The minimum atomic E-state index is -0.745. The average molecular weight is 452 g/mol. The van der Waals surface area contributed by atoms with Crippen molar-refractivity contribution in [2.75, 3.05) is 17.7 Å². The molecule has 0 spiro atoms.